The van der Waals surface area contributed by atoms with Gasteiger partial charge in [-0.2, -0.15) is 5.82 Å². The molecule has 0 heterocycles. The molecule has 0 bridgehead atoms. The van der Waals surface area contributed by atoms with E-state index < -0.39 is 0 Å². The summed E-state index contributed by atoms with van der Waals surface area (Å²) in [6.07, 6.45) is 7.00. The summed E-state index contributed by atoms with van der Waals surface area (Å²) in [5.74, 6) is 0.467. The van der Waals surface area contributed by atoms with Crippen molar-refractivity contribution in [3.05, 3.63) is 59.2 Å². The van der Waals surface area contributed by atoms with E-state index in [0.717, 1.165) is 12.7 Å². The molecule has 1 aromatic carbocycles. The molecule has 1 aliphatic carbocycles. The lowest BCUT2D eigenvalue weighted by molar-refractivity contribution is 0.442. The molecule has 0 saturated carbocycles. The third-order valence-electron chi connectivity index (χ3n) is 4.51. The molecule has 1 aliphatic rings. The van der Waals surface area contributed by atoms with E-state index in [0.29, 0.717) is 5.82 Å². The van der Waals surface area contributed by atoms with Gasteiger partial charge in [-0.3, -0.25) is 0 Å². The van der Waals surface area contributed by atoms with Crippen LogP contribution in [-0.4, -0.2) is 7.28 Å². The van der Waals surface area contributed by atoms with Gasteiger partial charge in [0.15, 0.2) is 0 Å². The van der Waals surface area contributed by atoms with Gasteiger partial charge in [-0.25, -0.2) is 6.32 Å². The molecule has 0 saturated heterocycles. The first-order valence-corrected chi connectivity index (χ1v) is 8.48. The minimum atomic E-state index is 0.225. The van der Waals surface area contributed by atoms with Gasteiger partial charge in [0, 0.05) is 0 Å². The van der Waals surface area contributed by atoms with Gasteiger partial charge in [-0.1, -0.05) is 89.6 Å². The predicted octanol–water partition coefficient (Wildman–Crippen LogP) is 6.03. The monoisotopic (exact) mass is 293 g/mol. The fraction of sp³-hybridized carbons (Fsp3) is 0.524. The maximum Gasteiger partial charge on any atom is -0.0165 e. The van der Waals surface area contributed by atoms with E-state index in [1.807, 2.05) is 0 Å². The zero-order valence-electron chi connectivity index (χ0n) is 15.1. The zero-order valence-corrected chi connectivity index (χ0v) is 15.1. The lowest BCUT2D eigenvalue weighted by Crippen LogP contribution is -2.28. The Balaban J connectivity index is 2.25. The molecule has 0 aromatic heterocycles. The number of hydrogen-bond donors (Lipinski definition) is 0. The van der Waals surface area contributed by atoms with Crippen molar-refractivity contribution in [3.8, 4) is 0 Å². The van der Waals surface area contributed by atoms with E-state index in [1.54, 1.807) is 11.1 Å². The maximum atomic E-state index is 2.52. The molecular formula is C21H30B-. The van der Waals surface area contributed by atoms with Crippen LogP contribution in [0, 0.1) is 10.8 Å². The summed E-state index contributed by atoms with van der Waals surface area (Å²) < 4.78 is 0. The van der Waals surface area contributed by atoms with Crippen LogP contribution < -0.4 is 0 Å². The summed E-state index contributed by atoms with van der Waals surface area (Å²) in [6.45, 7) is 14.0. The van der Waals surface area contributed by atoms with Crippen LogP contribution in [0.15, 0.2) is 53.6 Å². The van der Waals surface area contributed by atoms with Crippen LogP contribution in [0.1, 0.15) is 53.5 Å². The normalized spacial score (nSPS) is 17.2. The first-order chi connectivity index (χ1) is 10.2. The van der Waals surface area contributed by atoms with Gasteiger partial charge < -0.3 is 7.28 Å². The van der Waals surface area contributed by atoms with Gasteiger partial charge in [0.1, 0.15) is 0 Å². The average molecular weight is 293 g/mol. The Morgan fingerprint density at radius 2 is 1.36 bits per heavy atom. The summed E-state index contributed by atoms with van der Waals surface area (Å²) in [7, 11) is 2.52. The standard InChI is InChI=1S/C21H30B/c1-20(2,3)17-13-10-14-18(21(4,5)6)19(17)22-15-16-11-8-7-9-12-16/h7-9,11-14,19H,10,15H2,1-6H3/q-1. The molecule has 0 aliphatic heterocycles. The Kier molecular flexibility index (Phi) is 5.05. The Morgan fingerprint density at radius 3 is 1.82 bits per heavy atom. The molecule has 2 rings (SSSR count). The number of rotatable bonds is 3. The van der Waals surface area contributed by atoms with Gasteiger partial charge in [0.05, 0.1) is 0 Å². The van der Waals surface area contributed by atoms with Gasteiger partial charge in [-0.15, -0.1) is 11.1 Å². The van der Waals surface area contributed by atoms with Crippen molar-refractivity contribution in [1.82, 2.24) is 0 Å². The SMILES string of the molecule is CC(C)(C)C1=CCC=C(C(C)(C)C)C1[B-]Cc1ccccc1. The Hall–Kier alpha value is -1.24. The molecule has 1 heteroatoms. The highest BCUT2D eigenvalue weighted by atomic mass is 14.3. The van der Waals surface area contributed by atoms with Crippen LogP contribution in [0.3, 0.4) is 0 Å². The Labute approximate surface area is 138 Å². The smallest absolute Gasteiger partial charge is 0.0165 e. The molecule has 0 atom stereocenters. The van der Waals surface area contributed by atoms with Gasteiger partial charge in [-0.05, 0) is 17.3 Å². The average Bonchev–Trinajstić information content (AvgIpc) is 2.44. The van der Waals surface area contributed by atoms with E-state index in [4.69, 9.17) is 0 Å². The first-order valence-electron chi connectivity index (χ1n) is 8.48. The zero-order chi connectivity index (χ0) is 16.4. The minimum Gasteiger partial charge on any atom is -0.316 e. The molecule has 118 valence electrons. The first kappa shape index (κ1) is 17.1. The molecule has 0 fully saturated rings. The summed E-state index contributed by atoms with van der Waals surface area (Å²) >= 11 is 0. The van der Waals surface area contributed by atoms with Crippen LogP contribution in [0.25, 0.3) is 0 Å². The van der Waals surface area contributed by atoms with Crippen molar-refractivity contribution in [1.29, 1.82) is 0 Å². The van der Waals surface area contributed by atoms with Crippen molar-refractivity contribution in [2.45, 2.75) is 60.1 Å². The van der Waals surface area contributed by atoms with Crippen molar-refractivity contribution in [2.75, 3.05) is 0 Å². The van der Waals surface area contributed by atoms with Gasteiger partial charge in [0.25, 0.3) is 0 Å². The highest BCUT2D eigenvalue weighted by molar-refractivity contribution is 6.39. The molecule has 0 spiro atoms. The van der Waals surface area contributed by atoms with E-state index in [1.165, 1.54) is 5.56 Å². The van der Waals surface area contributed by atoms with Crippen LogP contribution in [-0.2, 0) is 6.32 Å². The molecule has 1 aromatic rings. The van der Waals surface area contributed by atoms with E-state index >= 15 is 0 Å². The molecule has 0 unspecified atom stereocenters. The summed E-state index contributed by atoms with van der Waals surface area (Å²) in [6, 6.07) is 10.8. The summed E-state index contributed by atoms with van der Waals surface area (Å²) in [4.78, 5) is 0. The van der Waals surface area contributed by atoms with Crippen LogP contribution >= 0.6 is 0 Å². The second-order valence-electron chi connectivity index (χ2n) is 8.46. The summed E-state index contributed by atoms with van der Waals surface area (Å²) in [5.41, 5.74) is 5.01. The van der Waals surface area contributed by atoms with Crippen molar-refractivity contribution in [2.24, 2.45) is 10.8 Å². The highest BCUT2D eigenvalue weighted by Crippen LogP contribution is 2.47. The lowest BCUT2D eigenvalue weighted by atomic mass is 9.48. The topological polar surface area (TPSA) is 0 Å². The van der Waals surface area contributed by atoms with Gasteiger partial charge in [0.2, 0.25) is 0 Å². The fourth-order valence-electron chi connectivity index (χ4n) is 3.40. The highest BCUT2D eigenvalue weighted by Gasteiger charge is 2.28. The number of hydrogen-bond acceptors (Lipinski definition) is 0. The van der Waals surface area contributed by atoms with Crippen molar-refractivity contribution < 1.29 is 0 Å². The van der Waals surface area contributed by atoms with Crippen LogP contribution in [0.2, 0.25) is 5.82 Å². The fourth-order valence-corrected chi connectivity index (χ4v) is 3.40. The molecular weight excluding hydrogens is 263 g/mol. The Bertz CT molecular complexity index is 520. The maximum absolute atomic E-state index is 2.52. The largest absolute Gasteiger partial charge is 0.316 e. The lowest BCUT2D eigenvalue weighted by Gasteiger charge is -2.47. The quantitative estimate of drug-likeness (QED) is 0.471. The Morgan fingerprint density at radius 1 is 0.864 bits per heavy atom. The summed E-state index contributed by atoms with van der Waals surface area (Å²) in [5, 5.41) is 0. The molecule has 0 amide bonds. The minimum absolute atomic E-state index is 0.225. The third kappa shape index (κ3) is 4.15. The predicted molar refractivity (Wildman–Crippen MR) is 99.3 cm³/mol. The van der Waals surface area contributed by atoms with Crippen molar-refractivity contribution in [3.63, 3.8) is 0 Å². The molecule has 22 heavy (non-hydrogen) atoms. The number of allylic oxidation sites excluding steroid dienone is 4. The third-order valence-corrected chi connectivity index (χ3v) is 4.51. The number of benzene rings is 1. The molecule has 0 nitrogen and oxygen atoms in total. The second-order valence-corrected chi connectivity index (χ2v) is 8.46. The van der Waals surface area contributed by atoms with Crippen molar-refractivity contribution >= 4 is 7.28 Å². The van der Waals surface area contributed by atoms with E-state index in [9.17, 15) is 0 Å². The second kappa shape index (κ2) is 6.48. The van der Waals surface area contributed by atoms with Gasteiger partial charge >= 0.3 is 0 Å². The molecule has 2 radical (unpaired) electrons. The molecule has 0 N–H and O–H groups in total. The van der Waals surface area contributed by atoms with E-state index in [2.05, 4.69) is 91.3 Å². The van der Waals surface area contributed by atoms with Crippen LogP contribution in [0.5, 0.6) is 0 Å². The van der Waals surface area contributed by atoms with E-state index in [-0.39, 0.29) is 10.8 Å². The van der Waals surface area contributed by atoms with Crippen LogP contribution in [0.4, 0.5) is 0 Å².